The van der Waals surface area contributed by atoms with Gasteiger partial charge in [-0.2, -0.15) is 0 Å². The first-order valence-corrected chi connectivity index (χ1v) is 6.50. The van der Waals surface area contributed by atoms with Gasteiger partial charge in [0.1, 0.15) is 0 Å². The van der Waals surface area contributed by atoms with E-state index in [2.05, 4.69) is 50.1 Å². The maximum Gasteiger partial charge on any atom is 0.0868 e. The molecule has 1 aromatic carbocycles. The third kappa shape index (κ3) is 2.53. The molecule has 1 aromatic rings. The van der Waals surface area contributed by atoms with Crippen LogP contribution in [0.4, 0.5) is 0 Å². The fraction of sp³-hybridized carbons (Fsp3) is 0.600. The Kier molecular flexibility index (Phi) is 3.55. The maximum absolute atomic E-state index is 10.4. The first-order valence-electron chi connectivity index (χ1n) is 6.50. The Morgan fingerprint density at radius 3 is 2.35 bits per heavy atom. The topological polar surface area (TPSA) is 23.5 Å². The molecule has 0 radical (unpaired) electrons. The lowest BCUT2D eigenvalue weighted by Gasteiger charge is -2.49. The van der Waals surface area contributed by atoms with E-state index in [0.717, 1.165) is 25.1 Å². The summed E-state index contributed by atoms with van der Waals surface area (Å²) in [6.45, 7) is 6.31. The molecule has 0 saturated carbocycles. The zero-order chi connectivity index (χ0) is 12.5. The largest absolute Gasteiger partial charge is 0.388 e. The van der Waals surface area contributed by atoms with E-state index < -0.39 is 0 Å². The van der Waals surface area contributed by atoms with Gasteiger partial charge in [-0.1, -0.05) is 44.5 Å². The number of aryl methyl sites for hydroxylation is 1. The number of nitrogens with zero attached hydrogens (tertiary/aromatic N) is 1. The highest BCUT2D eigenvalue weighted by atomic mass is 16.3. The highest BCUT2D eigenvalue weighted by Crippen LogP contribution is 2.40. The van der Waals surface area contributed by atoms with Crippen molar-refractivity contribution in [3.63, 3.8) is 0 Å². The maximum atomic E-state index is 10.4. The van der Waals surface area contributed by atoms with Gasteiger partial charge in [0.15, 0.2) is 0 Å². The molecule has 1 heterocycles. The predicted octanol–water partition coefficient (Wildman–Crippen LogP) is 2.62. The molecule has 1 atom stereocenters. The molecule has 1 aliphatic heterocycles. The predicted molar refractivity (Wildman–Crippen MR) is 71.0 cm³/mol. The minimum atomic E-state index is -0.339. The number of benzene rings is 1. The smallest absolute Gasteiger partial charge is 0.0868 e. The summed E-state index contributed by atoms with van der Waals surface area (Å²) in [5, 5.41) is 10.4. The molecule has 0 amide bonds. The number of rotatable bonds is 4. The molecule has 2 nitrogen and oxygen atoms in total. The Morgan fingerprint density at radius 1 is 1.29 bits per heavy atom. The van der Waals surface area contributed by atoms with Crippen molar-refractivity contribution in [2.75, 3.05) is 20.1 Å². The first kappa shape index (κ1) is 12.6. The molecule has 0 spiro atoms. The molecule has 2 heteroatoms. The van der Waals surface area contributed by atoms with Crippen LogP contribution in [0.25, 0.3) is 0 Å². The molecule has 2 rings (SSSR count). The van der Waals surface area contributed by atoms with Gasteiger partial charge >= 0.3 is 0 Å². The van der Waals surface area contributed by atoms with Gasteiger partial charge in [0.25, 0.3) is 0 Å². The molecule has 17 heavy (non-hydrogen) atoms. The van der Waals surface area contributed by atoms with Gasteiger partial charge in [-0.3, -0.25) is 0 Å². The van der Waals surface area contributed by atoms with Crippen LogP contribution in [0, 0.1) is 5.41 Å². The lowest BCUT2D eigenvalue weighted by Crippen LogP contribution is -2.55. The monoisotopic (exact) mass is 233 g/mol. The lowest BCUT2D eigenvalue weighted by atomic mass is 9.74. The number of hydrogen-bond acceptors (Lipinski definition) is 2. The van der Waals surface area contributed by atoms with Gasteiger partial charge in [0.2, 0.25) is 0 Å². The number of likely N-dealkylation sites (tertiary alicyclic amines) is 1. The standard InChI is InChI=1S/C15H23NO/c1-4-5-12-6-8-13(9-7-12)14(17)15(2)10-16(3)11-15/h6-9,14,17H,4-5,10-11H2,1-3H3. The Bertz CT molecular complexity index is 365. The van der Waals surface area contributed by atoms with Crippen molar-refractivity contribution >= 4 is 0 Å². The fourth-order valence-corrected chi connectivity index (χ4v) is 2.92. The van der Waals surface area contributed by atoms with Crippen molar-refractivity contribution in [3.8, 4) is 0 Å². The third-order valence-electron chi connectivity index (χ3n) is 3.76. The van der Waals surface area contributed by atoms with Crippen LogP contribution in [0.1, 0.15) is 37.5 Å². The molecular weight excluding hydrogens is 210 g/mol. The molecular formula is C15H23NO. The van der Waals surface area contributed by atoms with E-state index in [1.165, 1.54) is 12.0 Å². The van der Waals surface area contributed by atoms with Crippen molar-refractivity contribution in [2.24, 2.45) is 5.41 Å². The van der Waals surface area contributed by atoms with Crippen LogP contribution in [0.3, 0.4) is 0 Å². The normalized spacial score (nSPS) is 20.9. The average molecular weight is 233 g/mol. The van der Waals surface area contributed by atoms with Crippen molar-refractivity contribution in [1.82, 2.24) is 4.90 Å². The van der Waals surface area contributed by atoms with Crippen LogP contribution in [0.5, 0.6) is 0 Å². The molecule has 0 aliphatic carbocycles. The van der Waals surface area contributed by atoms with E-state index in [-0.39, 0.29) is 11.5 Å². The summed E-state index contributed by atoms with van der Waals surface area (Å²) in [6, 6.07) is 8.46. The van der Waals surface area contributed by atoms with Crippen molar-refractivity contribution in [2.45, 2.75) is 32.8 Å². The van der Waals surface area contributed by atoms with Gasteiger partial charge in [-0.05, 0) is 24.6 Å². The summed E-state index contributed by atoms with van der Waals surface area (Å²) < 4.78 is 0. The van der Waals surface area contributed by atoms with Crippen LogP contribution in [-0.4, -0.2) is 30.1 Å². The summed E-state index contributed by atoms with van der Waals surface area (Å²) >= 11 is 0. The SMILES string of the molecule is CCCc1ccc(C(O)C2(C)CN(C)C2)cc1. The van der Waals surface area contributed by atoms with Crippen LogP contribution < -0.4 is 0 Å². The van der Waals surface area contributed by atoms with Gasteiger partial charge in [0, 0.05) is 18.5 Å². The van der Waals surface area contributed by atoms with Gasteiger partial charge in [-0.25, -0.2) is 0 Å². The van der Waals surface area contributed by atoms with Gasteiger partial charge < -0.3 is 10.0 Å². The highest BCUT2D eigenvalue weighted by Gasteiger charge is 2.43. The number of aliphatic hydroxyl groups is 1. The quantitative estimate of drug-likeness (QED) is 0.864. The number of hydrogen-bond donors (Lipinski definition) is 1. The minimum Gasteiger partial charge on any atom is -0.388 e. The summed E-state index contributed by atoms with van der Waals surface area (Å²) in [4.78, 5) is 2.24. The Hall–Kier alpha value is -0.860. The molecule has 1 saturated heterocycles. The lowest BCUT2D eigenvalue weighted by molar-refractivity contribution is -0.0708. The highest BCUT2D eigenvalue weighted by molar-refractivity contribution is 5.26. The Balaban J connectivity index is 2.07. The zero-order valence-corrected chi connectivity index (χ0v) is 11.1. The Morgan fingerprint density at radius 2 is 1.88 bits per heavy atom. The number of aliphatic hydroxyl groups excluding tert-OH is 1. The van der Waals surface area contributed by atoms with Gasteiger partial charge in [-0.15, -0.1) is 0 Å². The van der Waals surface area contributed by atoms with Crippen LogP contribution in [0.15, 0.2) is 24.3 Å². The zero-order valence-electron chi connectivity index (χ0n) is 11.1. The molecule has 1 fully saturated rings. The van der Waals surface area contributed by atoms with Gasteiger partial charge in [0.05, 0.1) is 6.10 Å². The van der Waals surface area contributed by atoms with Crippen LogP contribution >= 0.6 is 0 Å². The summed E-state index contributed by atoms with van der Waals surface area (Å²) in [5.41, 5.74) is 2.45. The van der Waals surface area contributed by atoms with Crippen LogP contribution in [0.2, 0.25) is 0 Å². The first-order chi connectivity index (χ1) is 8.05. The fourth-order valence-electron chi connectivity index (χ4n) is 2.92. The van der Waals surface area contributed by atoms with Crippen molar-refractivity contribution in [1.29, 1.82) is 0 Å². The second-order valence-corrected chi connectivity index (χ2v) is 5.72. The molecule has 1 unspecified atom stereocenters. The molecule has 1 N–H and O–H groups in total. The van der Waals surface area contributed by atoms with E-state index in [0.29, 0.717) is 0 Å². The molecule has 1 aliphatic rings. The van der Waals surface area contributed by atoms with Crippen molar-refractivity contribution < 1.29 is 5.11 Å². The van der Waals surface area contributed by atoms with Crippen molar-refractivity contribution in [3.05, 3.63) is 35.4 Å². The van der Waals surface area contributed by atoms with E-state index >= 15 is 0 Å². The Labute approximate surface area is 104 Å². The second kappa shape index (κ2) is 4.79. The average Bonchev–Trinajstić information content (AvgIpc) is 2.28. The van der Waals surface area contributed by atoms with E-state index in [4.69, 9.17) is 0 Å². The summed E-state index contributed by atoms with van der Waals surface area (Å²) in [6.07, 6.45) is 1.95. The van der Waals surface area contributed by atoms with Crippen LogP contribution in [-0.2, 0) is 6.42 Å². The van der Waals surface area contributed by atoms with E-state index in [9.17, 15) is 5.11 Å². The second-order valence-electron chi connectivity index (χ2n) is 5.72. The molecule has 0 aromatic heterocycles. The van der Waals surface area contributed by atoms with E-state index in [1.807, 2.05) is 0 Å². The summed E-state index contributed by atoms with van der Waals surface area (Å²) in [7, 11) is 2.10. The molecule has 94 valence electrons. The van der Waals surface area contributed by atoms with E-state index in [1.54, 1.807) is 0 Å². The third-order valence-corrected chi connectivity index (χ3v) is 3.76. The summed E-state index contributed by atoms with van der Waals surface area (Å²) in [5.74, 6) is 0. The molecule has 0 bridgehead atoms. The minimum absolute atomic E-state index is 0.0288.